The van der Waals surface area contributed by atoms with Gasteiger partial charge in [0.05, 0.1) is 5.41 Å². The number of nitrogens with one attached hydrogen (secondary N) is 1. The largest absolute Gasteiger partial charge is 0.481 e. The lowest BCUT2D eigenvalue weighted by molar-refractivity contribution is -0.151. The highest BCUT2D eigenvalue weighted by Gasteiger charge is 2.39. The molecule has 0 aliphatic heterocycles. The predicted octanol–water partition coefficient (Wildman–Crippen LogP) is 4.28. The molecule has 0 bridgehead atoms. The number of unbranched alkanes of at least 4 members (excludes halogenated alkanes) is 6. The van der Waals surface area contributed by atoms with E-state index in [-0.39, 0.29) is 5.91 Å². The van der Waals surface area contributed by atoms with Crippen molar-refractivity contribution in [2.24, 2.45) is 5.41 Å². The second kappa shape index (κ2) is 10.6. The fourth-order valence-corrected chi connectivity index (χ4v) is 3.29. The van der Waals surface area contributed by atoms with Crippen LogP contribution in [0.5, 0.6) is 0 Å². The molecular weight excluding hydrogens is 278 g/mol. The van der Waals surface area contributed by atoms with Gasteiger partial charge in [0.15, 0.2) is 0 Å². The molecule has 0 spiro atoms. The molecule has 0 aromatic rings. The van der Waals surface area contributed by atoms with Gasteiger partial charge in [0.1, 0.15) is 0 Å². The van der Waals surface area contributed by atoms with Crippen LogP contribution in [-0.4, -0.2) is 23.5 Å². The fourth-order valence-electron chi connectivity index (χ4n) is 3.29. The lowest BCUT2D eigenvalue weighted by Crippen LogP contribution is -2.44. The minimum Gasteiger partial charge on any atom is -0.481 e. The van der Waals surface area contributed by atoms with Gasteiger partial charge in [-0.25, -0.2) is 0 Å². The highest BCUT2D eigenvalue weighted by Crippen LogP contribution is 2.36. The monoisotopic (exact) mass is 311 g/mol. The number of aliphatic carboxylic acids is 1. The van der Waals surface area contributed by atoms with Crippen molar-refractivity contribution in [2.75, 3.05) is 6.54 Å². The minimum atomic E-state index is -0.747. The van der Waals surface area contributed by atoms with Gasteiger partial charge in [-0.3, -0.25) is 9.59 Å². The first-order valence-electron chi connectivity index (χ1n) is 9.11. The van der Waals surface area contributed by atoms with Crippen LogP contribution in [0.15, 0.2) is 0 Å². The maximum absolute atomic E-state index is 11.9. The van der Waals surface area contributed by atoms with E-state index in [1.807, 2.05) is 0 Å². The number of hydrogen-bond acceptors (Lipinski definition) is 2. The summed E-state index contributed by atoms with van der Waals surface area (Å²) in [5, 5.41) is 12.3. The zero-order valence-electron chi connectivity index (χ0n) is 14.2. The van der Waals surface area contributed by atoms with Crippen molar-refractivity contribution in [1.82, 2.24) is 5.32 Å². The van der Waals surface area contributed by atoms with E-state index in [1.54, 1.807) is 0 Å². The molecule has 4 nitrogen and oxygen atoms in total. The van der Waals surface area contributed by atoms with Gasteiger partial charge in [0.25, 0.3) is 0 Å². The molecule has 0 radical (unpaired) electrons. The van der Waals surface area contributed by atoms with Crippen LogP contribution in [0.4, 0.5) is 0 Å². The van der Waals surface area contributed by atoms with Crippen LogP contribution in [0, 0.1) is 5.41 Å². The molecule has 1 saturated carbocycles. The Bertz CT molecular complexity index is 335. The third kappa shape index (κ3) is 6.80. The van der Waals surface area contributed by atoms with Crippen LogP contribution in [0.2, 0.25) is 0 Å². The Labute approximate surface area is 135 Å². The summed E-state index contributed by atoms with van der Waals surface area (Å²) in [6, 6.07) is 0. The Kier molecular flexibility index (Phi) is 9.17. The van der Waals surface area contributed by atoms with Crippen molar-refractivity contribution >= 4 is 11.9 Å². The van der Waals surface area contributed by atoms with Gasteiger partial charge in [0.2, 0.25) is 5.91 Å². The highest BCUT2D eigenvalue weighted by molar-refractivity contribution is 5.79. The molecule has 1 fully saturated rings. The molecule has 2 N–H and O–H groups in total. The first-order valence-corrected chi connectivity index (χ1v) is 9.11. The molecular formula is C18H33NO3. The summed E-state index contributed by atoms with van der Waals surface area (Å²) in [4.78, 5) is 23.4. The molecule has 4 heteroatoms. The fraction of sp³-hybridized carbons (Fsp3) is 0.889. The van der Waals surface area contributed by atoms with E-state index in [2.05, 4.69) is 12.2 Å². The molecule has 0 atom stereocenters. The number of carboxylic acids is 1. The summed E-state index contributed by atoms with van der Waals surface area (Å²) < 4.78 is 0. The van der Waals surface area contributed by atoms with Gasteiger partial charge in [-0.2, -0.15) is 0 Å². The summed E-state index contributed by atoms with van der Waals surface area (Å²) in [5.74, 6) is -0.733. The van der Waals surface area contributed by atoms with Crippen molar-refractivity contribution in [3.63, 3.8) is 0 Å². The maximum Gasteiger partial charge on any atom is 0.311 e. The Hall–Kier alpha value is -1.06. The molecule has 0 heterocycles. The van der Waals surface area contributed by atoms with Crippen LogP contribution in [-0.2, 0) is 9.59 Å². The Morgan fingerprint density at radius 2 is 1.55 bits per heavy atom. The van der Waals surface area contributed by atoms with Crippen molar-refractivity contribution in [1.29, 1.82) is 0 Å². The third-order valence-corrected chi connectivity index (χ3v) is 4.90. The van der Waals surface area contributed by atoms with E-state index in [4.69, 9.17) is 0 Å². The zero-order chi connectivity index (χ0) is 16.3. The van der Waals surface area contributed by atoms with Gasteiger partial charge in [0, 0.05) is 13.0 Å². The lowest BCUT2D eigenvalue weighted by atomic mass is 9.74. The highest BCUT2D eigenvalue weighted by atomic mass is 16.4. The van der Waals surface area contributed by atoms with E-state index < -0.39 is 11.4 Å². The molecule has 0 aromatic carbocycles. The van der Waals surface area contributed by atoms with Crippen molar-refractivity contribution in [3.8, 4) is 0 Å². The zero-order valence-corrected chi connectivity index (χ0v) is 14.2. The summed E-state index contributed by atoms with van der Waals surface area (Å²) in [6.45, 7) is 2.51. The molecule has 128 valence electrons. The molecule has 1 amide bonds. The van der Waals surface area contributed by atoms with Gasteiger partial charge < -0.3 is 10.4 Å². The average molecular weight is 311 g/mol. The summed E-state index contributed by atoms with van der Waals surface area (Å²) in [5.41, 5.74) is -0.714. The van der Waals surface area contributed by atoms with Crippen LogP contribution in [0.1, 0.15) is 90.4 Å². The maximum atomic E-state index is 11.9. The van der Waals surface area contributed by atoms with Crippen molar-refractivity contribution in [2.45, 2.75) is 90.4 Å². The van der Waals surface area contributed by atoms with E-state index in [1.165, 1.54) is 32.1 Å². The average Bonchev–Trinajstić information content (AvgIpc) is 2.53. The Morgan fingerprint density at radius 3 is 2.14 bits per heavy atom. The second-order valence-corrected chi connectivity index (χ2v) is 6.79. The SMILES string of the molecule is CCCCCCCCCC(=O)NCC1(C(=O)O)CCCCC1. The molecule has 1 aliphatic rings. The van der Waals surface area contributed by atoms with Crippen LogP contribution in [0.25, 0.3) is 0 Å². The summed E-state index contributed by atoms with van der Waals surface area (Å²) >= 11 is 0. The molecule has 0 saturated heterocycles. The number of amides is 1. The molecule has 0 unspecified atom stereocenters. The standard InChI is InChI=1S/C18H33NO3/c1-2-3-4-5-6-7-9-12-16(20)19-15-18(17(21)22)13-10-8-11-14-18/h2-15H2,1H3,(H,19,20)(H,21,22). The summed E-state index contributed by atoms with van der Waals surface area (Å²) in [6.07, 6.45) is 13.3. The minimum absolute atomic E-state index is 0.0137. The van der Waals surface area contributed by atoms with Crippen LogP contribution < -0.4 is 5.32 Å². The van der Waals surface area contributed by atoms with Crippen LogP contribution in [0.3, 0.4) is 0 Å². The Morgan fingerprint density at radius 1 is 0.955 bits per heavy atom. The number of hydrogen-bond donors (Lipinski definition) is 2. The van der Waals surface area contributed by atoms with E-state index in [0.29, 0.717) is 25.8 Å². The lowest BCUT2D eigenvalue weighted by Gasteiger charge is -2.33. The Balaban J connectivity index is 2.15. The van der Waals surface area contributed by atoms with Gasteiger partial charge in [-0.15, -0.1) is 0 Å². The number of rotatable bonds is 11. The molecule has 0 aromatic heterocycles. The first kappa shape index (κ1) is 19.0. The number of carbonyl (C=O) groups excluding carboxylic acids is 1. The number of carboxylic acid groups (broad SMARTS) is 1. The molecule has 1 aliphatic carbocycles. The second-order valence-electron chi connectivity index (χ2n) is 6.79. The van der Waals surface area contributed by atoms with E-state index >= 15 is 0 Å². The van der Waals surface area contributed by atoms with Gasteiger partial charge in [-0.1, -0.05) is 64.7 Å². The van der Waals surface area contributed by atoms with Gasteiger partial charge >= 0.3 is 5.97 Å². The van der Waals surface area contributed by atoms with Crippen molar-refractivity contribution < 1.29 is 14.7 Å². The van der Waals surface area contributed by atoms with Gasteiger partial charge in [-0.05, 0) is 19.3 Å². The third-order valence-electron chi connectivity index (χ3n) is 4.90. The summed E-state index contributed by atoms with van der Waals surface area (Å²) in [7, 11) is 0. The number of carbonyl (C=O) groups is 2. The predicted molar refractivity (Wildman–Crippen MR) is 88.8 cm³/mol. The smallest absolute Gasteiger partial charge is 0.311 e. The first-order chi connectivity index (χ1) is 10.6. The van der Waals surface area contributed by atoms with Crippen LogP contribution >= 0.6 is 0 Å². The van der Waals surface area contributed by atoms with E-state index in [0.717, 1.165) is 32.1 Å². The molecule has 22 heavy (non-hydrogen) atoms. The quantitative estimate of drug-likeness (QED) is 0.560. The van der Waals surface area contributed by atoms with E-state index in [9.17, 15) is 14.7 Å². The van der Waals surface area contributed by atoms with Crippen molar-refractivity contribution in [3.05, 3.63) is 0 Å². The normalized spacial score (nSPS) is 17.1. The molecule has 1 rings (SSSR count). The topological polar surface area (TPSA) is 66.4 Å².